The lowest BCUT2D eigenvalue weighted by molar-refractivity contribution is 0.0767. The van der Waals surface area contributed by atoms with Crippen LogP contribution in [0.2, 0.25) is 0 Å². The van der Waals surface area contributed by atoms with Gasteiger partial charge in [-0.3, -0.25) is 4.79 Å². The van der Waals surface area contributed by atoms with Crippen LogP contribution in [-0.2, 0) is 0 Å². The summed E-state index contributed by atoms with van der Waals surface area (Å²) in [5.41, 5.74) is 1.07. The fraction of sp³-hybridized carbons (Fsp3) is 0.529. The number of methoxy groups -OCH3 is 1. The van der Waals surface area contributed by atoms with E-state index in [0.29, 0.717) is 29.0 Å². The minimum absolute atomic E-state index is 0.0960. The van der Waals surface area contributed by atoms with E-state index in [0.717, 1.165) is 12.8 Å². The third-order valence-corrected chi connectivity index (χ3v) is 5.07. The van der Waals surface area contributed by atoms with Gasteiger partial charge in [0.15, 0.2) is 5.78 Å². The fourth-order valence-electron chi connectivity index (χ4n) is 3.81. The number of ketones is 1. The standard InChI is InChI=1S/C17H20N2O2/c1-19-14-4-5-15(19)9-12(8-14)17(20)11-3-6-16(21-2)13(7-11)10-18/h3,6-7,12,14-15H,4-5,8-9H2,1-2H3. The first kappa shape index (κ1) is 14.1. The van der Waals surface area contributed by atoms with E-state index >= 15 is 0 Å². The van der Waals surface area contributed by atoms with E-state index in [4.69, 9.17) is 10.00 Å². The van der Waals surface area contributed by atoms with E-state index in [1.54, 1.807) is 18.2 Å². The van der Waals surface area contributed by atoms with E-state index in [-0.39, 0.29) is 11.7 Å². The molecule has 0 spiro atoms. The zero-order valence-electron chi connectivity index (χ0n) is 12.5. The number of ether oxygens (including phenoxy) is 1. The maximum absolute atomic E-state index is 12.7. The lowest BCUT2D eigenvalue weighted by Crippen LogP contribution is -2.42. The smallest absolute Gasteiger partial charge is 0.166 e. The Morgan fingerprint density at radius 1 is 1.33 bits per heavy atom. The highest BCUT2D eigenvalue weighted by atomic mass is 16.5. The Bertz CT molecular complexity index is 591. The number of nitrogens with zero attached hydrogens (tertiary/aromatic N) is 2. The van der Waals surface area contributed by atoms with Gasteiger partial charge in [0.25, 0.3) is 0 Å². The molecule has 1 aromatic rings. The lowest BCUT2D eigenvalue weighted by Gasteiger charge is -2.35. The molecule has 0 N–H and O–H groups in total. The normalized spacial score (nSPS) is 28.1. The molecular weight excluding hydrogens is 264 g/mol. The Balaban J connectivity index is 1.82. The fourth-order valence-corrected chi connectivity index (χ4v) is 3.81. The van der Waals surface area contributed by atoms with Gasteiger partial charge in [-0.05, 0) is 50.9 Å². The van der Waals surface area contributed by atoms with Crippen LogP contribution < -0.4 is 4.74 Å². The molecule has 0 aromatic heterocycles. The minimum atomic E-state index is 0.0960. The molecule has 0 radical (unpaired) electrons. The molecule has 2 atom stereocenters. The SMILES string of the molecule is COc1ccc(C(=O)C2CC3CCC(C2)N3C)cc1C#N. The Hall–Kier alpha value is -1.86. The van der Waals surface area contributed by atoms with Crippen LogP contribution in [0, 0.1) is 17.2 Å². The predicted molar refractivity (Wildman–Crippen MR) is 79.3 cm³/mol. The van der Waals surface area contributed by atoms with Crippen LogP contribution in [-0.4, -0.2) is 36.9 Å². The van der Waals surface area contributed by atoms with Gasteiger partial charge in [-0.25, -0.2) is 0 Å². The van der Waals surface area contributed by atoms with Crippen LogP contribution in [0.25, 0.3) is 0 Å². The molecule has 0 aliphatic carbocycles. The summed E-state index contributed by atoms with van der Waals surface area (Å²) < 4.78 is 5.13. The van der Waals surface area contributed by atoms with Crippen LogP contribution in [0.1, 0.15) is 41.6 Å². The molecule has 110 valence electrons. The summed E-state index contributed by atoms with van der Waals surface area (Å²) in [5.74, 6) is 0.801. The number of fused-ring (bicyclic) bond motifs is 2. The summed E-state index contributed by atoms with van der Waals surface area (Å²) in [6, 6.07) is 8.36. The Labute approximate surface area is 125 Å². The third kappa shape index (κ3) is 2.43. The first-order valence-electron chi connectivity index (χ1n) is 7.48. The Morgan fingerprint density at radius 3 is 2.57 bits per heavy atom. The number of nitriles is 1. The topological polar surface area (TPSA) is 53.3 Å². The van der Waals surface area contributed by atoms with Gasteiger partial charge in [0, 0.05) is 23.6 Å². The van der Waals surface area contributed by atoms with Gasteiger partial charge in [0.2, 0.25) is 0 Å². The molecule has 2 saturated heterocycles. The average molecular weight is 284 g/mol. The monoisotopic (exact) mass is 284 g/mol. The zero-order chi connectivity index (χ0) is 15.0. The molecule has 2 fully saturated rings. The second kappa shape index (κ2) is 5.50. The molecule has 2 aliphatic rings. The van der Waals surface area contributed by atoms with E-state index in [1.807, 2.05) is 0 Å². The van der Waals surface area contributed by atoms with Crippen LogP contribution in [0.3, 0.4) is 0 Å². The quantitative estimate of drug-likeness (QED) is 0.801. The number of hydrogen-bond donors (Lipinski definition) is 0. The van der Waals surface area contributed by atoms with Crippen molar-refractivity contribution >= 4 is 5.78 Å². The number of rotatable bonds is 3. The van der Waals surface area contributed by atoms with Crippen molar-refractivity contribution in [1.29, 1.82) is 5.26 Å². The van der Waals surface area contributed by atoms with Crippen molar-refractivity contribution in [3.05, 3.63) is 29.3 Å². The van der Waals surface area contributed by atoms with E-state index in [1.165, 1.54) is 20.0 Å². The molecule has 0 saturated carbocycles. The molecule has 3 rings (SSSR count). The third-order valence-electron chi connectivity index (χ3n) is 5.07. The molecule has 2 heterocycles. The number of piperidine rings is 1. The summed E-state index contributed by atoms with van der Waals surface area (Å²) in [6.45, 7) is 0. The molecule has 4 heteroatoms. The van der Waals surface area contributed by atoms with Gasteiger partial charge in [-0.15, -0.1) is 0 Å². The van der Waals surface area contributed by atoms with Gasteiger partial charge in [-0.2, -0.15) is 5.26 Å². The van der Waals surface area contributed by atoms with Crippen LogP contribution >= 0.6 is 0 Å². The molecule has 1 aromatic carbocycles. The first-order valence-corrected chi connectivity index (χ1v) is 7.48. The van der Waals surface area contributed by atoms with Gasteiger partial charge >= 0.3 is 0 Å². The van der Waals surface area contributed by atoms with E-state index < -0.39 is 0 Å². The van der Waals surface area contributed by atoms with Crippen molar-refractivity contribution in [2.45, 2.75) is 37.8 Å². The maximum atomic E-state index is 12.7. The summed E-state index contributed by atoms with van der Waals surface area (Å²) in [6.07, 6.45) is 4.30. The maximum Gasteiger partial charge on any atom is 0.166 e. The lowest BCUT2D eigenvalue weighted by atomic mass is 9.84. The Morgan fingerprint density at radius 2 is 2.00 bits per heavy atom. The van der Waals surface area contributed by atoms with Gasteiger partial charge in [0.1, 0.15) is 11.8 Å². The summed E-state index contributed by atoms with van der Waals surface area (Å²) >= 11 is 0. The minimum Gasteiger partial charge on any atom is -0.495 e. The van der Waals surface area contributed by atoms with Crippen molar-refractivity contribution in [3.63, 3.8) is 0 Å². The van der Waals surface area contributed by atoms with Gasteiger partial charge < -0.3 is 9.64 Å². The summed E-state index contributed by atoms with van der Waals surface area (Å²) in [5, 5.41) is 9.15. The molecule has 2 bridgehead atoms. The van der Waals surface area contributed by atoms with Crippen molar-refractivity contribution < 1.29 is 9.53 Å². The van der Waals surface area contributed by atoms with Crippen molar-refractivity contribution in [3.8, 4) is 11.8 Å². The Kier molecular flexibility index (Phi) is 3.69. The van der Waals surface area contributed by atoms with Gasteiger partial charge in [0.05, 0.1) is 12.7 Å². The summed E-state index contributed by atoms with van der Waals surface area (Å²) in [7, 11) is 3.70. The molecule has 4 nitrogen and oxygen atoms in total. The second-order valence-electron chi connectivity index (χ2n) is 6.11. The van der Waals surface area contributed by atoms with Crippen LogP contribution in [0.5, 0.6) is 5.75 Å². The number of benzene rings is 1. The molecule has 2 unspecified atom stereocenters. The highest BCUT2D eigenvalue weighted by Crippen LogP contribution is 2.38. The largest absolute Gasteiger partial charge is 0.495 e. The second-order valence-corrected chi connectivity index (χ2v) is 6.11. The molecule has 0 amide bonds. The number of carbonyl (C=O) groups excluding carboxylic acids is 1. The number of carbonyl (C=O) groups is 1. The average Bonchev–Trinajstić information content (AvgIpc) is 2.75. The predicted octanol–water partition coefficient (Wildman–Crippen LogP) is 2.62. The van der Waals surface area contributed by atoms with Crippen LogP contribution in [0.4, 0.5) is 0 Å². The number of hydrogen-bond acceptors (Lipinski definition) is 4. The highest BCUT2D eigenvalue weighted by molar-refractivity contribution is 5.98. The zero-order valence-corrected chi connectivity index (χ0v) is 12.5. The molecular formula is C17H20N2O2. The van der Waals surface area contributed by atoms with E-state index in [9.17, 15) is 4.79 Å². The van der Waals surface area contributed by atoms with Crippen LogP contribution in [0.15, 0.2) is 18.2 Å². The summed E-state index contributed by atoms with van der Waals surface area (Å²) in [4.78, 5) is 15.2. The van der Waals surface area contributed by atoms with E-state index in [2.05, 4.69) is 18.0 Å². The molecule has 21 heavy (non-hydrogen) atoms. The number of Topliss-reactive ketones (excluding diaryl/α,β-unsaturated/α-hetero) is 1. The van der Waals surface area contributed by atoms with Crippen molar-refractivity contribution in [2.24, 2.45) is 5.92 Å². The molecule has 2 aliphatic heterocycles. The van der Waals surface area contributed by atoms with Gasteiger partial charge in [-0.1, -0.05) is 0 Å². The van der Waals surface area contributed by atoms with Crippen molar-refractivity contribution in [2.75, 3.05) is 14.2 Å². The first-order chi connectivity index (χ1) is 10.1. The van der Waals surface area contributed by atoms with Crippen molar-refractivity contribution in [1.82, 2.24) is 4.90 Å². The highest BCUT2D eigenvalue weighted by Gasteiger charge is 2.40.